The van der Waals surface area contributed by atoms with E-state index in [-0.39, 0.29) is 11.6 Å². The smallest absolute Gasteiger partial charge is 0.295 e. The molecule has 7 heteroatoms. The van der Waals surface area contributed by atoms with Crippen molar-refractivity contribution in [2.45, 2.75) is 20.8 Å². The summed E-state index contributed by atoms with van der Waals surface area (Å²) in [4.78, 5) is 17.4. The minimum Gasteiger partial charge on any atom is -0.319 e. The van der Waals surface area contributed by atoms with E-state index in [4.69, 9.17) is 11.6 Å². The maximum atomic E-state index is 13.4. The average molecular weight is 435 g/mol. The van der Waals surface area contributed by atoms with Gasteiger partial charge in [0, 0.05) is 16.3 Å². The number of benzene rings is 3. The zero-order chi connectivity index (χ0) is 22.1. The van der Waals surface area contributed by atoms with Crippen molar-refractivity contribution in [2.24, 2.45) is 0 Å². The number of aromatic nitrogens is 3. The topological polar surface area (TPSA) is 59.8 Å². The van der Waals surface area contributed by atoms with Crippen LogP contribution in [0.5, 0.6) is 0 Å². The van der Waals surface area contributed by atoms with Crippen LogP contribution in [0, 0.1) is 26.6 Å². The zero-order valence-electron chi connectivity index (χ0n) is 17.3. The van der Waals surface area contributed by atoms with Crippen molar-refractivity contribution < 1.29 is 9.18 Å². The molecule has 0 fully saturated rings. The molecule has 0 bridgehead atoms. The molecule has 3 aromatic carbocycles. The number of anilines is 1. The van der Waals surface area contributed by atoms with E-state index in [0.29, 0.717) is 27.8 Å². The van der Waals surface area contributed by atoms with Crippen LogP contribution in [0.4, 0.5) is 10.1 Å². The fourth-order valence-corrected chi connectivity index (χ4v) is 3.31. The summed E-state index contributed by atoms with van der Waals surface area (Å²) in [6.45, 7) is 5.77. The fourth-order valence-electron chi connectivity index (χ4n) is 3.14. The summed E-state index contributed by atoms with van der Waals surface area (Å²) in [5.74, 6) is -0.391. The first-order chi connectivity index (χ1) is 14.8. The Balaban J connectivity index is 1.78. The molecule has 1 N–H and O–H groups in total. The third kappa shape index (κ3) is 4.34. The van der Waals surface area contributed by atoms with Gasteiger partial charge in [-0.05, 0) is 79.9 Å². The number of amides is 1. The Morgan fingerprint density at radius 1 is 0.968 bits per heavy atom. The number of carbonyl (C=O) groups is 1. The van der Waals surface area contributed by atoms with Crippen LogP contribution in [0.25, 0.3) is 17.1 Å². The molecule has 0 aliphatic carbocycles. The summed E-state index contributed by atoms with van der Waals surface area (Å²) in [5, 5.41) is 7.89. The van der Waals surface area contributed by atoms with Crippen LogP contribution in [-0.2, 0) is 0 Å². The van der Waals surface area contributed by atoms with E-state index in [9.17, 15) is 9.18 Å². The van der Waals surface area contributed by atoms with Crippen molar-refractivity contribution in [3.63, 3.8) is 0 Å². The molecule has 5 nitrogen and oxygen atoms in total. The molecule has 4 rings (SSSR count). The van der Waals surface area contributed by atoms with E-state index >= 15 is 0 Å². The molecule has 1 amide bonds. The number of hydrogen-bond acceptors (Lipinski definition) is 3. The van der Waals surface area contributed by atoms with Gasteiger partial charge in [-0.25, -0.2) is 14.1 Å². The summed E-state index contributed by atoms with van der Waals surface area (Å²) in [6.07, 6.45) is 0. The predicted octanol–water partition coefficient (Wildman–Crippen LogP) is 5.90. The van der Waals surface area contributed by atoms with Crippen molar-refractivity contribution in [1.82, 2.24) is 14.8 Å². The first kappa shape index (κ1) is 20.8. The highest BCUT2D eigenvalue weighted by molar-refractivity contribution is 6.31. The lowest BCUT2D eigenvalue weighted by Gasteiger charge is -2.08. The summed E-state index contributed by atoms with van der Waals surface area (Å²) >= 11 is 6.30. The Morgan fingerprint density at radius 2 is 1.68 bits per heavy atom. The van der Waals surface area contributed by atoms with E-state index < -0.39 is 5.91 Å². The fraction of sp³-hybridized carbons (Fsp3) is 0.125. The van der Waals surface area contributed by atoms with Gasteiger partial charge in [0.1, 0.15) is 5.82 Å². The van der Waals surface area contributed by atoms with Gasteiger partial charge in [-0.15, -0.1) is 5.10 Å². The van der Waals surface area contributed by atoms with Gasteiger partial charge in [0.2, 0.25) is 5.82 Å². The average Bonchev–Trinajstić information content (AvgIpc) is 3.19. The molecule has 0 unspecified atom stereocenters. The molecular weight excluding hydrogens is 415 g/mol. The van der Waals surface area contributed by atoms with Crippen LogP contribution >= 0.6 is 11.6 Å². The largest absolute Gasteiger partial charge is 0.319 e. The Labute approximate surface area is 184 Å². The molecule has 156 valence electrons. The molecule has 0 radical (unpaired) electrons. The zero-order valence-corrected chi connectivity index (χ0v) is 18.0. The first-order valence-corrected chi connectivity index (χ1v) is 10.1. The maximum absolute atomic E-state index is 13.4. The highest BCUT2D eigenvalue weighted by atomic mass is 35.5. The molecular formula is C24H20ClFN4O. The highest BCUT2D eigenvalue weighted by Gasteiger charge is 2.20. The number of nitrogens with zero attached hydrogens (tertiary/aromatic N) is 3. The summed E-state index contributed by atoms with van der Waals surface area (Å²) in [7, 11) is 0. The number of rotatable bonds is 4. The molecule has 0 atom stereocenters. The highest BCUT2D eigenvalue weighted by Crippen LogP contribution is 2.25. The van der Waals surface area contributed by atoms with Gasteiger partial charge in [-0.2, -0.15) is 0 Å². The minimum absolute atomic E-state index is 0.00284. The molecule has 0 aliphatic heterocycles. The SMILES string of the molecule is Cc1ccc(C)c(NC(=O)c2nc(-c3ccc(F)cc3)n(-c3ccc(C)c(Cl)c3)n2)c1. The quantitative estimate of drug-likeness (QED) is 0.434. The van der Waals surface area contributed by atoms with E-state index in [0.717, 1.165) is 16.7 Å². The molecule has 0 saturated heterocycles. The summed E-state index contributed by atoms with van der Waals surface area (Å²) < 4.78 is 15.0. The Bertz CT molecular complexity index is 1280. The predicted molar refractivity (Wildman–Crippen MR) is 120 cm³/mol. The molecule has 0 saturated carbocycles. The van der Waals surface area contributed by atoms with E-state index in [2.05, 4.69) is 15.4 Å². The summed E-state index contributed by atoms with van der Waals surface area (Å²) in [6, 6.07) is 17.1. The Morgan fingerprint density at radius 3 is 2.39 bits per heavy atom. The van der Waals surface area contributed by atoms with Crippen molar-refractivity contribution in [2.75, 3.05) is 5.32 Å². The lowest BCUT2D eigenvalue weighted by Crippen LogP contribution is -2.15. The number of aryl methyl sites for hydroxylation is 3. The van der Waals surface area contributed by atoms with E-state index in [1.165, 1.54) is 16.8 Å². The number of hydrogen-bond donors (Lipinski definition) is 1. The van der Waals surface area contributed by atoms with Crippen molar-refractivity contribution in [3.05, 3.63) is 94.0 Å². The third-order valence-corrected chi connectivity index (χ3v) is 5.36. The van der Waals surface area contributed by atoms with Crippen LogP contribution in [0.2, 0.25) is 5.02 Å². The molecule has 4 aromatic rings. The molecule has 0 spiro atoms. The molecule has 31 heavy (non-hydrogen) atoms. The van der Waals surface area contributed by atoms with Gasteiger partial charge in [0.25, 0.3) is 5.91 Å². The minimum atomic E-state index is -0.436. The first-order valence-electron chi connectivity index (χ1n) is 9.70. The van der Waals surface area contributed by atoms with Crippen LogP contribution in [0.1, 0.15) is 27.3 Å². The second kappa shape index (κ2) is 8.32. The molecule has 0 aliphatic rings. The second-order valence-electron chi connectivity index (χ2n) is 7.38. The molecule has 1 heterocycles. The number of nitrogens with one attached hydrogen (secondary N) is 1. The van der Waals surface area contributed by atoms with Gasteiger partial charge in [0.05, 0.1) is 5.69 Å². The maximum Gasteiger partial charge on any atom is 0.295 e. The monoisotopic (exact) mass is 434 g/mol. The van der Waals surface area contributed by atoms with Gasteiger partial charge < -0.3 is 5.32 Å². The van der Waals surface area contributed by atoms with Crippen molar-refractivity contribution in [3.8, 4) is 17.1 Å². The van der Waals surface area contributed by atoms with Crippen LogP contribution < -0.4 is 5.32 Å². The molecule has 1 aromatic heterocycles. The Kier molecular flexibility index (Phi) is 5.57. The van der Waals surface area contributed by atoms with Gasteiger partial charge in [-0.3, -0.25) is 4.79 Å². The number of carbonyl (C=O) groups excluding carboxylic acids is 1. The summed E-state index contributed by atoms with van der Waals surface area (Å²) in [5.41, 5.74) is 4.84. The van der Waals surface area contributed by atoms with Gasteiger partial charge in [-0.1, -0.05) is 29.8 Å². The van der Waals surface area contributed by atoms with Crippen molar-refractivity contribution >= 4 is 23.2 Å². The van der Waals surface area contributed by atoms with E-state index in [1.54, 1.807) is 18.2 Å². The van der Waals surface area contributed by atoms with Crippen LogP contribution in [0.3, 0.4) is 0 Å². The normalized spacial score (nSPS) is 10.9. The van der Waals surface area contributed by atoms with E-state index in [1.807, 2.05) is 51.1 Å². The van der Waals surface area contributed by atoms with Crippen LogP contribution in [-0.4, -0.2) is 20.7 Å². The lowest BCUT2D eigenvalue weighted by molar-refractivity contribution is 0.101. The standard InChI is InChI=1S/C24H20ClFN4O/c1-14-4-5-16(3)21(12-14)27-24(31)22-28-23(17-7-9-18(26)10-8-17)30(29-22)19-11-6-15(2)20(25)13-19/h4-13H,1-3H3,(H,27,31). The Hall–Kier alpha value is -3.51. The lowest BCUT2D eigenvalue weighted by atomic mass is 10.1. The van der Waals surface area contributed by atoms with Crippen molar-refractivity contribution in [1.29, 1.82) is 0 Å². The van der Waals surface area contributed by atoms with Gasteiger partial charge in [0.15, 0.2) is 5.82 Å². The second-order valence-corrected chi connectivity index (χ2v) is 7.79. The van der Waals surface area contributed by atoms with Gasteiger partial charge >= 0.3 is 0 Å². The number of halogens is 2. The third-order valence-electron chi connectivity index (χ3n) is 4.95. The van der Waals surface area contributed by atoms with Crippen LogP contribution in [0.15, 0.2) is 60.7 Å².